The van der Waals surface area contributed by atoms with Crippen LogP contribution >= 0.6 is 15.9 Å². The van der Waals surface area contributed by atoms with Crippen LogP contribution in [0.3, 0.4) is 0 Å². The number of hydrogen-bond donors (Lipinski definition) is 1. The molecule has 0 atom stereocenters. The van der Waals surface area contributed by atoms with Crippen LogP contribution in [0.2, 0.25) is 0 Å². The van der Waals surface area contributed by atoms with E-state index in [2.05, 4.69) is 27.6 Å². The Morgan fingerprint density at radius 1 is 1.24 bits per heavy atom. The van der Waals surface area contributed by atoms with Crippen molar-refractivity contribution in [3.8, 4) is 0 Å². The summed E-state index contributed by atoms with van der Waals surface area (Å²) in [6, 6.07) is 5.46. The third kappa shape index (κ3) is 4.54. The summed E-state index contributed by atoms with van der Waals surface area (Å²) in [5.74, 6) is 0.781. The molecule has 0 aromatic heterocycles. The second-order valence-electron chi connectivity index (χ2n) is 6.04. The SMILES string of the molecule is CCCC1CCC(NS(=O)(=O)c2cc(Br)ccc2C)CC1. The molecule has 0 bridgehead atoms. The summed E-state index contributed by atoms with van der Waals surface area (Å²) in [6.07, 6.45) is 6.67. The number of rotatable bonds is 5. The minimum absolute atomic E-state index is 0.0847. The van der Waals surface area contributed by atoms with Crippen molar-refractivity contribution in [1.82, 2.24) is 4.72 Å². The minimum atomic E-state index is -3.42. The van der Waals surface area contributed by atoms with Crippen LogP contribution < -0.4 is 4.72 Å². The highest BCUT2D eigenvalue weighted by Crippen LogP contribution is 2.29. The van der Waals surface area contributed by atoms with Gasteiger partial charge in [0, 0.05) is 10.5 Å². The fourth-order valence-corrected chi connectivity index (χ4v) is 5.21. The zero-order valence-electron chi connectivity index (χ0n) is 12.7. The largest absolute Gasteiger partial charge is 0.241 e. The molecular formula is C16H24BrNO2S. The average Bonchev–Trinajstić information content (AvgIpc) is 2.43. The highest BCUT2D eigenvalue weighted by atomic mass is 79.9. The van der Waals surface area contributed by atoms with Crippen molar-refractivity contribution >= 4 is 26.0 Å². The van der Waals surface area contributed by atoms with Crippen molar-refractivity contribution in [3.05, 3.63) is 28.2 Å². The zero-order chi connectivity index (χ0) is 15.5. The van der Waals surface area contributed by atoms with E-state index in [1.165, 1.54) is 12.8 Å². The first-order valence-corrected chi connectivity index (χ1v) is 9.98. The van der Waals surface area contributed by atoms with E-state index in [0.29, 0.717) is 4.90 Å². The van der Waals surface area contributed by atoms with E-state index in [9.17, 15) is 8.42 Å². The quantitative estimate of drug-likeness (QED) is 0.831. The molecule has 1 N–H and O–H groups in total. The van der Waals surface area contributed by atoms with E-state index in [-0.39, 0.29) is 6.04 Å². The second-order valence-corrected chi connectivity index (χ2v) is 8.64. The summed E-state index contributed by atoms with van der Waals surface area (Å²) in [5.41, 5.74) is 0.783. The maximum absolute atomic E-state index is 12.5. The number of sulfonamides is 1. The van der Waals surface area contributed by atoms with E-state index >= 15 is 0 Å². The normalized spacial score (nSPS) is 23.2. The predicted molar refractivity (Wildman–Crippen MR) is 89.9 cm³/mol. The lowest BCUT2D eigenvalue weighted by atomic mass is 9.84. The van der Waals surface area contributed by atoms with Crippen molar-refractivity contribution in [1.29, 1.82) is 0 Å². The van der Waals surface area contributed by atoms with Crippen molar-refractivity contribution < 1.29 is 8.42 Å². The molecule has 0 heterocycles. The van der Waals surface area contributed by atoms with Crippen LogP contribution in [0.15, 0.2) is 27.6 Å². The molecule has 21 heavy (non-hydrogen) atoms. The van der Waals surface area contributed by atoms with Crippen LogP contribution in [0, 0.1) is 12.8 Å². The lowest BCUT2D eigenvalue weighted by molar-refractivity contribution is 0.297. The Hall–Kier alpha value is -0.390. The first kappa shape index (κ1) is 17.0. The standard InChI is InChI=1S/C16H24BrNO2S/c1-3-4-13-6-9-15(10-7-13)18-21(19,20)16-11-14(17)8-5-12(16)2/h5,8,11,13,15,18H,3-4,6-7,9-10H2,1-2H3. The van der Waals surface area contributed by atoms with E-state index in [4.69, 9.17) is 0 Å². The van der Waals surface area contributed by atoms with Gasteiger partial charge in [0.25, 0.3) is 0 Å². The molecule has 3 nitrogen and oxygen atoms in total. The van der Waals surface area contributed by atoms with E-state index in [0.717, 1.165) is 41.6 Å². The summed E-state index contributed by atoms with van der Waals surface area (Å²) in [5, 5.41) is 0. The van der Waals surface area contributed by atoms with Crippen molar-refractivity contribution in [3.63, 3.8) is 0 Å². The highest BCUT2D eigenvalue weighted by Gasteiger charge is 2.26. The lowest BCUT2D eigenvalue weighted by Gasteiger charge is -2.29. The molecule has 0 radical (unpaired) electrons. The van der Waals surface area contributed by atoms with Gasteiger partial charge in [-0.3, -0.25) is 0 Å². The maximum atomic E-state index is 12.5. The molecule has 5 heteroatoms. The Bertz CT molecular complexity index is 578. The first-order valence-electron chi connectivity index (χ1n) is 7.71. The van der Waals surface area contributed by atoms with Gasteiger partial charge in [-0.25, -0.2) is 13.1 Å². The number of halogens is 1. The van der Waals surface area contributed by atoms with Gasteiger partial charge >= 0.3 is 0 Å². The van der Waals surface area contributed by atoms with E-state index in [1.54, 1.807) is 6.07 Å². The molecule has 1 fully saturated rings. The highest BCUT2D eigenvalue weighted by molar-refractivity contribution is 9.10. The molecule has 1 saturated carbocycles. The van der Waals surface area contributed by atoms with Gasteiger partial charge in [-0.15, -0.1) is 0 Å². The summed E-state index contributed by atoms with van der Waals surface area (Å²) in [7, 11) is -3.42. The monoisotopic (exact) mass is 373 g/mol. The van der Waals surface area contributed by atoms with Crippen LogP contribution in [-0.4, -0.2) is 14.5 Å². The van der Waals surface area contributed by atoms with E-state index < -0.39 is 10.0 Å². The van der Waals surface area contributed by atoms with Crippen LogP contribution in [0.1, 0.15) is 51.0 Å². The number of aryl methyl sites for hydroxylation is 1. The predicted octanol–water partition coefficient (Wildman–Crippen LogP) is 4.39. The fraction of sp³-hybridized carbons (Fsp3) is 0.625. The van der Waals surface area contributed by atoms with Crippen LogP contribution in [0.5, 0.6) is 0 Å². The molecule has 1 aliphatic rings. The maximum Gasteiger partial charge on any atom is 0.241 e. The van der Waals surface area contributed by atoms with Crippen molar-refractivity contribution in [2.45, 2.75) is 63.3 Å². The summed E-state index contributed by atoms with van der Waals surface area (Å²) < 4.78 is 28.8. The van der Waals surface area contributed by atoms with Crippen LogP contribution in [0.25, 0.3) is 0 Å². The molecular weight excluding hydrogens is 350 g/mol. The summed E-state index contributed by atoms with van der Waals surface area (Å²) in [6.45, 7) is 4.05. The molecule has 0 spiro atoms. The minimum Gasteiger partial charge on any atom is -0.208 e. The third-order valence-electron chi connectivity index (χ3n) is 4.31. The Kier molecular flexibility index (Phi) is 5.86. The molecule has 118 valence electrons. The van der Waals surface area contributed by atoms with Crippen molar-refractivity contribution in [2.75, 3.05) is 0 Å². The van der Waals surface area contributed by atoms with Crippen molar-refractivity contribution in [2.24, 2.45) is 5.92 Å². The van der Waals surface area contributed by atoms with Gasteiger partial charge in [0.2, 0.25) is 10.0 Å². The molecule has 0 saturated heterocycles. The zero-order valence-corrected chi connectivity index (χ0v) is 15.1. The smallest absolute Gasteiger partial charge is 0.208 e. The number of benzene rings is 1. The molecule has 0 aliphatic heterocycles. The number of nitrogens with one attached hydrogen (secondary N) is 1. The summed E-state index contributed by atoms with van der Waals surface area (Å²) >= 11 is 3.35. The Labute approximate surface area is 136 Å². The van der Waals surface area contributed by atoms with Gasteiger partial charge in [-0.2, -0.15) is 0 Å². The van der Waals surface area contributed by atoms with Gasteiger partial charge in [-0.05, 0) is 56.2 Å². The molecule has 0 amide bonds. The first-order chi connectivity index (χ1) is 9.92. The van der Waals surface area contributed by atoms with Gasteiger partial charge in [0.15, 0.2) is 0 Å². The van der Waals surface area contributed by atoms with Gasteiger partial charge in [0.05, 0.1) is 4.90 Å². The van der Waals surface area contributed by atoms with Crippen LogP contribution in [0.4, 0.5) is 0 Å². The second kappa shape index (κ2) is 7.25. The Morgan fingerprint density at radius 2 is 1.90 bits per heavy atom. The lowest BCUT2D eigenvalue weighted by Crippen LogP contribution is -2.37. The van der Waals surface area contributed by atoms with Gasteiger partial charge in [-0.1, -0.05) is 41.8 Å². The van der Waals surface area contributed by atoms with Gasteiger partial charge in [0.1, 0.15) is 0 Å². The number of hydrogen-bond acceptors (Lipinski definition) is 2. The molecule has 1 aromatic rings. The topological polar surface area (TPSA) is 46.2 Å². The van der Waals surface area contributed by atoms with Crippen LogP contribution in [-0.2, 0) is 10.0 Å². The Balaban J connectivity index is 2.04. The molecule has 0 unspecified atom stereocenters. The van der Waals surface area contributed by atoms with E-state index in [1.807, 2.05) is 19.1 Å². The third-order valence-corrected chi connectivity index (χ3v) is 6.46. The van der Waals surface area contributed by atoms with Gasteiger partial charge < -0.3 is 0 Å². The average molecular weight is 374 g/mol. The molecule has 1 aliphatic carbocycles. The Morgan fingerprint density at radius 3 is 2.52 bits per heavy atom. The molecule has 2 rings (SSSR count). The summed E-state index contributed by atoms with van der Waals surface area (Å²) in [4.78, 5) is 0.382. The fourth-order valence-electron chi connectivity index (χ4n) is 3.12. The molecule has 1 aromatic carbocycles.